The third-order valence-corrected chi connectivity index (χ3v) is 4.10. The maximum Gasteiger partial charge on any atom is 0.252 e. The molecule has 0 aliphatic heterocycles. The second kappa shape index (κ2) is 8.32. The summed E-state index contributed by atoms with van der Waals surface area (Å²) >= 11 is 3.04. The number of hydrogen-bond donors (Lipinski definition) is 0. The molecule has 0 saturated carbocycles. The van der Waals surface area contributed by atoms with Crippen LogP contribution in [0, 0.1) is 0 Å². The number of halogens is 3. The van der Waals surface area contributed by atoms with E-state index in [0.29, 0.717) is 18.4 Å². The Balaban J connectivity index is 4.37. The zero-order valence-electron chi connectivity index (χ0n) is 9.03. The van der Waals surface area contributed by atoms with Crippen LogP contribution in [0.4, 0.5) is 8.78 Å². The van der Waals surface area contributed by atoms with E-state index in [1.54, 1.807) is 0 Å². The summed E-state index contributed by atoms with van der Waals surface area (Å²) in [4.78, 5) is 0. The minimum atomic E-state index is -3.61. The van der Waals surface area contributed by atoms with Gasteiger partial charge in [0.1, 0.15) is 0 Å². The molecule has 16 heavy (non-hydrogen) atoms. The second-order valence-corrected chi connectivity index (χ2v) is 5.98. The summed E-state index contributed by atoms with van der Waals surface area (Å²) in [5.41, 5.74) is 0. The quantitative estimate of drug-likeness (QED) is 0.475. The highest BCUT2D eigenvalue weighted by Crippen LogP contribution is 2.08. The van der Waals surface area contributed by atoms with Crippen LogP contribution in [0.2, 0.25) is 0 Å². The lowest BCUT2D eigenvalue weighted by Gasteiger charge is -2.20. The number of ether oxygens (including phenoxy) is 1. The molecule has 0 unspecified atom stereocenters. The molecule has 0 aromatic heterocycles. The first kappa shape index (κ1) is 16.2. The standard InChI is InChI=1S/C8H16BrF2NO3S/c1-15-5-2-6-16(13,14)12(4-3-9)7-8(10)11/h8H,2-7H2,1H3. The third-order valence-electron chi connectivity index (χ3n) is 1.82. The topological polar surface area (TPSA) is 46.6 Å². The van der Waals surface area contributed by atoms with Crippen LogP contribution in [0.3, 0.4) is 0 Å². The lowest BCUT2D eigenvalue weighted by molar-refractivity contribution is 0.121. The van der Waals surface area contributed by atoms with Gasteiger partial charge in [0.2, 0.25) is 10.0 Å². The first-order valence-electron chi connectivity index (χ1n) is 4.75. The molecule has 0 atom stereocenters. The van der Waals surface area contributed by atoms with Crippen molar-refractivity contribution < 1.29 is 21.9 Å². The normalized spacial score (nSPS) is 12.6. The molecule has 0 radical (unpaired) electrons. The molecule has 0 aromatic rings. The van der Waals surface area contributed by atoms with Crippen molar-refractivity contribution in [3.8, 4) is 0 Å². The van der Waals surface area contributed by atoms with Gasteiger partial charge in [0, 0.05) is 25.6 Å². The van der Waals surface area contributed by atoms with E-state index in [0.717, 1.165) is 4.31 Å². The van der Waals surface area contributed by atoms with Crippen LogP contribution < -0.4 is 0 Å². The van der Waals surface area contributed by atoms with Gasteiger partial charge in [-0.15, -0.1) is 0 Å². The maximum absolute atomic E-state index is 12.2. The first-order chi connectivity index (χ1) is 7.44. The molecule has 0 rings (SSSR count). The number of nitrogens with zero attached hydrogens (tertiary/aromatic N) is 1. The van der Waals surface area contributed by atoms with Gasteiger partial charge in [0.15, 0.2) is 0 Å². The van der Waals surface area contributed by atoms with Gasteiger partial charge < -0.3 is 4.74 Å². The molecule has 0 aromatic carbocycles. The molecule has 0 heterocycles. The lowest BCUT2D eigenvalue weighted by Crippen LogP contribution is -2.38. The van der Waals surface area contributed by atoms with Gasteiger partial charge in [-0.3, -0.25) is 0 Å². The zero-order chi connectivity index (χ0) is 12.6. The molecule has 0 bridgehead atoms. The average Bonchev–Trinajstić information content (AvgIpc) is 2.16. The Bertz CT molecular complexity index is 274. The largest absolute Gasteiger partial charge is 0.385 e. The molecule has 0 amide bonds. The van der Waals surface area contributed by atoms with E-state index in [1.807, 2.05) is 0 Å². The Labute approximate surface area is 103 Å². The first-order valence-corrected chi connectivity index (χ1v) is 7.48. The van der Waals surface area contributed by atoms with E-state index in [9.17, 15) is 17.2 Å². The van der Waals surface area contributed by atoms with Crippen molar-refractivity contribution >= 4 is 26.0 Å². The average molecular weight is 324 g/mol. The monoisotopic (exact) mass is 323 g/mol. The fraction of sp³-hybridized carbons (Fsp3) is 1.00. The van der Waals surface area contributed by atoms with Crippen LogP contribution in [0.15, 0.2) is 0 Å². The van der Waals surface area contributed by atoms with Crippen molar-refractivity contribution in [1.29, 1.82) is 0 Å². The Kier molecular flexibility index (Phi) is 8.43. The summed E-state index contributed by atoms with van der Waals surface area (Å²) in [6, 6.07) is 0. The number of hydrogen-bond acceptors (Lipinski definition) is 3. The predicted molar refractivity (Wildman–Crippen MR) is 61.7 cm³/mol. The van der Waals surface area contributed by atoms with Crippen LogP contribution in [0.1, 0.15) is 6.42 Å². The molecule has 4 nitrogen and oxygen atoms in total. The smallest absolute Gasteiger partial charge is 0.252 e. The fourth-order valence-corrected chi connectivity index (χ4v) is 3.22. The summed E-state index contributed by atoms with van der Waals surface area (Å²) < 4.78 is 53.2. The number of alkyl halides is 3. The van der Waals surface area contributed by atoms with Gasteiger partial charge in [-0.1, -0.05) is 15.9 Å². The molecule has 0 N–H and O–H groups in total. The lowest BCUT2D eigenvalue weighted by atomic mass is 10.5. The van der Waals surface area contributed by atoms with Crippen LogP contribution in [0.25, 0.3) is 0 Å². The zero-order valence-corrected chi connectivity index (χ0v) is 11.4. The van der Waals surface area contributed by atoms with Gasteiger partial charge >= 0.3 is 0 Å². The summed E-state index contributed by atoms with van der Waals surface area (Å²) in [7, 11) is -2.15. The van der Waals surface area contributed by atoms with E-state index in [4.69, 9.17) is 4.74 Å². The van der Waals surface area contributed by atoms with Crippen LogP contribution in [-0.4, -0.2) is 57.0 Å². The molecular weight excluding hydrogens is 308 g/mol. The number of sulfonamides is 1. The van der Waals surface area contributed by atoms with Gasteiger partial charge in [0.05, 0.1) is 12.3 Å². The highest BCUT2D eigenvalue weighted by atomic mass is 79.9. The molecule has 0 aliphatic rings. The van der Waals surface area contributed by atoms with Crippen molar-refractivity contribution in [2.75, 3.05) is 37.9 Å². The highest BCUT2D eigenvalue weighted by molar-refractivity contribution is 9.09. The van der Waals surface area contributed by atoms with E-state index in [1.165, 1.54) is 7.11 Å². The molecule has 0 fully saturated rings. The molecule has 98 valence electrons. The summed E-state index contributed by atoms with van der Waals surface area (Å²) in [6.07, 6.45) is -2.35. The van der Waals surface area contributed by atoms with Gasteiger partial charge in [-0.05, 0) is 6.42 Å². The Morgan fingerprint density at radius 3 is 2.50 bits per heavy atom. The number of rotatable bonds is 9. The summed E-state index contributed by atoms with van der Waals surface area (Å²) in [5.74, 6) is -0.166. The fourth-order valence-electron chi connectivity index (χ4n) is 1.11. The van der Waals surface area contributed by atoms with Crippen LogP contribution in [0.5, 0.6) is 0 Å². The van der Waals surface area contributed by atoms with Crippen molar-refractivity contribution in [1.82, 2.24) is 4.31 Å². The highest BCUT2D eigenvalue weighted by Gasteiger charge is 2.24. The molecular formula is C8H16BrF2NO3S. The molecule has 0 saturated heterocycles. The predicted octanol–water partition coefficient (Wildman–Crippen LogP) is 1.31. The van der Waals surface area contributed by atoms with E-state index in [2.05, 4.69) is 15.9 Å². The summed E-state index contributed by atoms with van der Waals surface area (Å²) in [6.45, 7) is -0.392. The minimum Gasteiger partial charge on any atom is -0.385 e. The van der Waals surface area contributed by atoms with Crippen molar-refractivity contribution in [3.63, 3.8) is 0 Å². The Morgan fingerprint density at radius 2 is 2.06 bits per heavy atom. The number of methoxy groups -OCH3 is 1. The SMILES string of the molecule is COCCCS(=O)(=O)N(CCBr)CC(F)F. The van der Waals surface area contributed by atoms with Crippen LogP contribution in [-0.2, 0) is 14.8 Å². The van der Waals surface area contributed by atoms with Gasteiger partial charge in [-0.2, -0.15) is 4.31 Å². The third kappa shape index (κ3) is 6.72. The van der Waals surface area contributed by atoms with Crippen molar-refractivity contribution in [2.45, 2.75) is 12.8 Å². The van der Waals surface area contributed by atoms with E-state index in [-0.39, 0.29) is 12.3 Å². The van der Waals surface area contributed by atoms with Gasteiger partial charge in [-0.25, -0.2) is 17.2 Å². The van der Waals surface area contributed by atoms with Crippen molar-refractivity contribution in [3.05, 3.63) is 0 Å². The summed E-state index contributed by atoms with van der Waals surface area (Å²) in [5, 5.41) is 0.337. The minimum absolute atomic E-state index is 0.0552. The Hall–Kier alpha value is 0.210. The van der Waals surface area contributed by atoms with E-state index >= 15 is 0 Å². The maximum atomic E-state index is 12.2. The van der Waals surface area contributed by atoms with E-state index < -0.39 is 23.0 Å². The van der Waals surface area contributed by atoms with Crippen LogP contribution >= 0.6 is 15.9 Å². The molecule has 0 aliphatic carbocycles. The second-order valence-electron chi connectivity index (χ2n) is 3.10. The van der Waals surface area contributed by atoms with Crippen molar-refractivity contribution in [2.24, 2.45) is 0 Å². The van der Waals surface area contributed by atoms with Gasteiger partial charge in [0.25, 0.3) is 6.43 Å². The molecule has 0 spiro atoms. The Morgan fingerprint density at radius 1 is 1.44 bits per heavy atom. The molecule has 8 heteroatoms.